The van der Waals surface area contributed by atoms with Gasteiger partial charge >= 0.3 is 5.65 Å². The van der Waals surface area contributed by atoms with Crippen LogP contribution in [0.1, 0.15) is 18.5 Å². The molecule has 2 aliphatic rings. The minimum absolute atomic E-state index is 0.0484. The number of carbonyl (C=O) groups excluding carboxylic acids is 3. The summed E-state index contributed by atoms with van der Waals surface area (Å²) in [6.45, 7) is 1.40. The number of carbonyl (C=O) groups is 3. The molecule has 5 rings (SSSR count). The predicted molar refractivity (Wildman–Crippen MR) is 154 cm³/mol. The number of aliphatic carboxylic acids is 1. The number of guanidine groups is 1. The number of nitrogens with two attached hydrogens (primary N) is 3. The Kier molecular flexibility index (Phi) is 8.42. The number of anilines is 1. The van der Waals surface area contributed by atoms with Crippen LogP contribution in [0.4, 0.5) is 5.13 Å². The lowest BCUT2D eigenvalue weighted by atomic mass is 9.89. The van der Waals surface area contributed by atoms with E-state index >= 15 is 0 Å². The van der Waals surface area contributed by atoms with Crippen LogP contribution in [-0.2, 0) is 32.3 Å². The van der Waals surface area contributed by atoms with Crippen LogP contribution in [0.25, 0.3) is 5.65 Å². The Hall–Kier alpha value is -4.09. The SMILES string of the molecule is CO/N=C(\C(=O)C[C@@H]1C(=O)N2C(C(=O)[O-])=C(Cn3ccc4n3cc[n+]4CCCN=C(N)N)CS[C@H]12)c1nc(N)sc1Cl. The number of carboxylic acids is 1. The summed E-state index contributed by atoms with van der Waals surface area (Å²) < 4.78 is 5.94. The number of hydrogen-bond donors (Lipinski definition) is 3. The van der Waals surface area contributed by atoms with E-state index in [1.165, 1.54) is 23.8 Å². The lowest BCUT2D eigenvalue weighted by Gasteiger charge is -2.50. The Morgan fingerprint density at radius 1 is 1.33 bits per heavy atom. The molecule has 3 aromatic heterocycles. The normalized spacial score (nSPS) is 18.7. The van der Waals surface area contributed by atoms with E-state index in [0.717, 1.165) is 23.4 Å². The zero-order valence-corrected chi connectivity index (χ0v) is 24.7. The molecule has 6 N–H and O–H groups in total. The first-order valence-electron chi connectivity index (χ1n) is 12.7. The van der Waals surface area contributed by atoms with Crippen molar-refractivity contribution in [3.05, 3.63) is 46.0 Å². The molecule has 1 fully saturated rings. The molecule has 2 atom stereocenters. The van der Waals surface area contributed by atoms with Gasteiger partial charge in [0.25, 0.3) is 0 Å². The number of Topliss-reactive ketones (excluding diaryl/α,β-unsaturated/α-hetero) is 1. The summed E-state index contributed by atoms with van der Waals surface area (Å²) in [6, 6.07) is 1.91. The van der Waals surface area contributed by atoms with Gasteiger partial charge in [0.2, 0.25) is 5.91 Å². The maximum absolute atomic E-state index is 13.2. The van der Waals surface area contributed by atoms with E-state index in [1.807, 2.05) is 38.4 Å². The molecule has 0 unspecified atom stereocenters. The van der Waals surface area contributed by atoms with Gasteiger partial charge in [-0.05, 0) is 5.57 Å². The molecule has 0 spiro atoms. The van der Waals surface area contributed by atoms with Gasteiger partial charge in [0.05, 0.1) is 42.2 Å². The number of imidazole rings is 1. The summed E-state index contributed by atoms with van der Waals surface area (Å²) >= 11 is 8.52. The molecule has 222 valence electrons. The average molecular weight is 635 g/mol. The number of oxime groups is 1. The van der Waals surface area contributed by atoms with Crippen molar-refractivity contribution in [3.8, 4) is 0 Å². The number of ketones is 1. The van der Waals surface area contributed by atoms with E-state index in [9.17, 15) is 19.5 Å². The summed E-state index contributed by atoms with van der Waals surface area (Å²) in [5, 5.41) is 15.6. The number of fused-ring (bicyclic) bond motifs is 2. The molecule has 15 nitrogen and oxygen atoms in total. The number of aliphatic imine (C=N–C) groups is 1. The van der Waals surface area contributed by atoms with E-state index in [4.69, 9.17) is 33.6 Å². The molecular weight excluding hydrogens is 608 g/mol. The highest BCUT2D eigenvalue weighted by atomic mass is 35.5. The zero-order valence-electron chi connectivity index (χ0n) is 22.3. The van der Waals surface area contributed by atoms with Gasteiger partial charge in [-0.25, -0.2) is 14.2 Å². The summed E-state index contributed by atoms with van der Waals surface area (Å²) in [5.74, 6) is -2.86. The van der Waals surface area contributed by atoms with E-state index in [2.05, 4.69) is 15.1 Å². The number of nitrogen functional groups attached to an aromatic ring is 1. The quantitative estimate of drug-likeness (QED) is 0.0547. The van der Waals surface area contributed by atoms with Crippen LogP contribution in [0.5, 0.6) is 0 Å². The number of thioether (sulfide) groups is 1. The minimum atomic E-state index is -1.45. The average Bonchev–Trinajstić information content (AvgIpc) is 3.63. The zero-order chi connectivity index (χ0) is 30.1. The molecule has 0 radical (unpaired) electrons. The van der Waals surface area contributed by atoms with Crippen LogP contribution in [0.3, 0.4) is 0 Å². The second-order valence-corrected chi connectivity index (χ2v) is 12.2. The number of β-lactam (4-membered cyclic amide) rings is 1. The Balaban J connectivity index is 1.32. The molecule has 0 aliphatic carbocycles. The Bertz CT molecular complexity index is 1650. The fraction of sp³-hybridized carbons (Fsp3) is 0.375. The van der Waals surface area contributed by atoms with Crippen LogP contribution in [0.2, 0.25) is 4.34 Å². The predicted octanol–water partition coefficient (Wildman–Crippen LogP) is -1.07. The molecule has 0 aromatic carbocycles. The standard InChI is InChI=1S/C24H27ClN10O5S2/c1-40-31-16(17-19(25)42-24(28)30-17)14(36)9-13-20(37)35-18(22(38)39)12(11-41-21(13)35)10-33-6-3-15-32(7-8-34(15)33)5-2-4-29-23(26)27/h3,6-8,13,21H,2,4-5,9-11H2,1H3,(H6-,26,27,28,29,30,38,39)/b31-16+/t13-,21-/m1/s1. The van der Waals surface area contributed by atoms with Crippen molar-refractivity contribution in [1.29, 1.82) is 0 Å². The largest absolute Gasteiger partial charge is 0.543 e. The molecule has 2 aliphatic heterocycles. The second-order valence-electron chi connectivity index (χ2n) is 9.45. The number of nitrogens with zero attached hydrogens (tertiary/aromatic N) is 7. The third-order valence-electron chi connectivity index (χ3n) is 6.82. The summed E-state index contributed by atoms with van der Waals surface area (Å²) in [5.41, 5.74) is 17.6. The van der Waals surface area contributed by atoms with Crippen molar-refractivity contribution >= 4 is 74.8 Å². The Labute approximate surface area is 252 Å². The molecule has 18 heteroatoms. The third kappa shape index (κ3) is 5.54. The molecule has 0 saturated carbocycles. The van der Waals surface area contributed by atoms with Gasteiger partial charge < -0.3 is 31.9 Å². The van der Waals surface area contributed by atoms with Crippen LogP contribution in [-0.4, -0.2) is 73.2 Å². The van der Waals surface area contributed by atoms with Gasteiger partial charge in [0, 0.05) is 31.2 Å². The summed E-state index contributed by atoms with van der Waals surface area (Å²) in [6.07, 6.45) is 6.12. The first-order valence-corrected chi connectivity index (χ1v) is 14.9. The van der Waals surface area contributed by atoms with Crippen LogP contribution < -0.4 is 26.9 Å². The maximum atomic E-state index is 13.2. The summed E-state index contributed by atoms with van der Waals surface area (Å²) in [7, 11) is 1.27. The highest BCUT2D eigenvalue weighted by molar-refractivity contribution is 8.00. The van der Waals surface area contributed by atoms with Crippen LogP contribution >= 0.6 is 34.7 Å². The van der Waals surface area contributed by atoms with Crippen molar-refractivity contribution in [2.45, 2.75) is 31.3 Å². The first kappa shape index (κ1) is 29.4. The molecule has 1 saturated heterocycles. The van der Waals surface area contributed by atoms with E-state index in [1.54, 1.807) is 0 Å². The topological polar surface area (TPSA) is 216 Å². The minimum Gasteiger partial charge on any atom is -0.543 e. The van der Waals surface area contributed by atoms with Crippen molar-refractivity contribution in [1.82, 2.24) is 19.1 Å². The monoisotopic (exact) mass is 634 g/mol. The maximum Gasteiger partial charge on any atom is 0.306 e. The third-order valence-corrected chi connectivity index (χ3v) is 9.30. The molecule has 0 bridgehead atoms. The van der Waals surface area contributed by atoms with E-state index in [0.29, 0.717) is 24.4 Å². The smallest absolute Gasteiger partial charge is 0.306 e. The lowest BCUT2D eigenvalue weighted by Crippen LogP contribution is -2.63. The number of rotatable bonds is 12. The van der Waals surface area contributed by atoms with Crippen molar-refractivity contribution in [3.63, 3.8) is 0 Å². The second kappa shape index (κ2) is 12.0. The first-order chi connectivity index (χ1) is 20.1. The van der Waals surface area contributed by atoms with Gasteiger partial charge in [0.1, 0.15) is 23.3 Å². The Morgan fingerprint density at radius 2 is 2.12 bits per heavy atom. The number of amides is 1. The summed E-state index contributed by atoms with van der Waals surface area (Å²) in [4.78, 5) is 52.7. The van der Waals surface area contributed by atoms with Crippen LogP contribution in [0.15, 0.2) is 46.1 Å². The van der Waals surface area contributed by atoms with Crippen molar-refractivity contribution < 1.29 is 28.9 Å². The van der Waals surface area contributed by atoms with Gasteiger partial charge in [0.15, 0.2) is 28.8 Å². The highest BCUT2D eigenvalue weighted by Crippen LogP contribution is 2.45. The highest BCUT2D eigenvalue weighted by Gasteiger charge is 2.53. The van der Waals surface area contributed by atoms with Gasteiger partial charge in [-0.3, -0.25) is 19.5 Å². The molecule has 1 amide bonds. The van der Waals surface area contributed by atoms with E-state index in [-0.39, 0.29) is 45.5 Å². The number of aromatic nitrogens is 4. The van der Waals surface area contributed by atoms with Crippen molar-refractivity contribution in [2.75, 3.05) is 25.1 Å². The Morgan fingerprint density at radius 3 is 2.79 bits per heavy atom. The van der Waals surface area contributed by atoms with Crippen molar-refractivity contribution in [2.24, 2.45) is 27.5 Å². The number of aryl methyl sites for hydroxylation is 1. The van der Waals surface area contributed by atoms with E-state index < -0.39 is 29.0 Å². The number of carboxylic acid groups (broad SMARTS) is 1. The molecule has 5 heterocycles. The number of thiazole rings is 1. The molecule has 3 aromatic rings. The molecule has 42 heavy (non-hydrogen) atoms. The van der Waals surface area contributed by atoms with Gasteiger partial charge in [-0.1, -0.05) is 28.1 Å². The fourth-order valence-corrected chi connectivity index (χ4v) is 7.34. The van der Waals surface area contributed by atoms with Crippen LogP contribution in [0, 0.1) is 5.92 Å². The van der Waals surface area contributed by atoms with Gasteiger partial charge in [-0.15, -0.1) is 16.3 Å². The van der Waals surface area contributed by atoms with Gasteiger partial charge in [-0.2, -0.15) is 0 Å². The number of hydrogen-bond acceptors (Lipinski definition) is 11. The fourth-order valence-electron chi connectivity index (χ4n) is 5.01. The molecular formula is C24H27ClN10O5S2. The lowest BCUT2D eigenvalue weighted by molar-refractivity contribution is -0.671. The number of halogens is 1.